The van der Waals surface area contributed by atoms with Gasteiger partial charge in [0.1, 0.15) is 5.82 Å². The first kappa shape index (κ1) is 16.8. The zero-order chi connectivity index (χ0) is 15.8. The highest BCUT2D eigenvalue weighted by Crippen LogP contribution is 2.11. The highest BCUT2D eigenvalue weighted by atomic mass is 15.2. The molecule has 0 fully saturated rings. The Labute approximate surface area is 135 Å². The summed E-state index contributed by atoms with van der Waals surface area (Å²) in [6.07, 6.45) is 7.86. The van der Waals surface area contributed by atoms with Crippen molar-refractivity contribution in [2.45, 2.75) is 59.2 Å². The molecule has 120 valence electrons. The highest BCUT2D eigenvalue weighted by molar-refractivity contribution is 5.15. The lowest BCUT2D eigenvalue weighted by Crippen LogP contribution is -2.32. The maximum Gasteiger partial charge on any atom is 0.123 e. The van der Waals surface area contributed by atoms with E-state index in [0.29, 0.717) is 6.04 Å². The Morgan fingerprint density at radius 3 is 2.59 bits per heavy atom. The summed E-state index contributed by atoms with van der Waals surface area (Å²) in [5.41, 5.74) is 1.32. The molecule has 1 aromatic carbocycles. The second-order valence-electron chi connectivity index (χ2n) is 6.23. The van der Waals surface area contributed by atoms with Gasteiger partial charge >= 0.3 is 0 Å². The second-order valence-corrected chi connectivity index (χ2v) is 6.23. The third-order valence-corrected chi connectivity index (χ3v) is 4.12. The van der Waals surface area contributed by atoms with Gasteiger partial charge in [0, 0.05) is 25.0 Å². The van der Waals surface area contributed by atoms with Gasteiger partial charge in [0.05, 0.1) is 6.54 Å². The minimum atomic E-state index is 0.554. The maximum absolute atomic E-state index is 4.58. The van der Waals surface area contributed by atoms with Crippen molar-refractivity contribution in [1.82, 2.24) is 14.5 Å². The molecule has 0 aliphatic heterocycles. The number of rotatable bonds is 9. The van der Waals surface area contributed by atoms with E-state index in [1.807, 2.05) is 6.20 Å². The monoisotopic (exact) mass is 299 g/mol. The van der Waals surface area contributed by atoms with Gasteiger partial charge < -0.3 is 4.57 Å². The zero-order valence-corrected chi connectivity index (χ0v) is 14.2. The Morgan fingerprint density at radius 1 is 1.14 bits per heavy atom. The molecule has 0 amide bonds. The van der Waals surface area contributed by atoms with Crippen molar-refractivity contribution in [2.24, 2.45) is 0 Å². The first-order valence-corrected chi connectivity index (χ1v) is 8.48. The number of unbranched alkanes of at least 4 members (excludes halogenated alkanes) is 2. The quantitative estimate of drug-likeness (QED) is 0.643. The van der Waals surface area contributed by atoms with Crippen molar-refractivity contribution in [3.05, 3.63) is 54.1 Å². The molecular formula is C19H29N3. The van der Waals surface area contributed by atoms with Crippen molar-refractivity contribution < 1.29 is 0 Å². The summed E-state index contributed by atoms with van der Waals surface area (Å²) in [6.45, 7) is 9.79. The molecule has 22 heavy (non-hydrogen) atoms. The van der Waals surface area contributed by atoms with Crippen LogP contribution < -0.4 is 0 Å². The smallest absolute Gasteiger partial charge is 0.123 e. The third kappa shape index (κ3) is 4.99. The SMILES string of the molecule is CCCCCN(Cc1nccn1Cc1ccccc1)C(C)C. The number of benzene rings is 1. The summed E-state index contributed by atoms with van der Waals surface area (Å²) in [5, 5.41) is 0. The molecule has 0 unspecified atom stereocenters. The van der Waals surface area contributed by atoms with Gasteiger partial charge in [0.25, 0.3) is 0 Å². The summed E-state index contributed by atoms with van der Waals surface area (Å²) >= 11 is 0. The van der Waals surface area contributed by atoms with E-state index in [0.717, 1.165) is 25.5 Å². The third-order valence-electron chi connectivity index (χ3n) is 4.12. The van der Waals surface area contributed by atoms with Crippen LogP contribution in [0.2, 0.25) is 0 Å². The molecule has 2 aromatic rings. The standard InChI is InChI=1S/C19H29N3/c1-4-5-9-13-21(17(2)3)16-19-20-12-14-22(19)15-18-10-7-6-8-11-18/h6-8,10-12,14,17H,4-5,9,13,15-16H2,1-3H3. The van der Waals surface area contributed by atoms with Crippen LogP contribution in [-0.4, -0.2) is 27.0 Å². The summed E-state index contributed by atoms with van der Waals surface area (Å²) in [7, 11) is 0. The molecule has 2 rings (SSSR count). The van der Waals surface area contributed by atoms with E-state index in [1.54, 1.807) is 0 Å². The first-order chi connectivity index (χ1) is 10.7. The van der Waals surface area contributed by atoms with Gasteiger partial charge in [-0.2, -0.15) is 0 Å². The molecule has 0 atom stereocenters. The van der Waals surface area contributed by atoms with Crippen LogP contribution in [0.25, 0.3) is 0 Å². The predicted molar refractivity (Wildman–Crippen MR) is 92.8 cm³/mol. The zero-order valence-electron chi connectivity index (χ0n) is 14.2. The van der Waals surface area contributed by atoms with Gasteiger partial charge in [-0.25, -0.2) is 4.98 Å². The molecule has 0 saturated carbocycles. The topological polar surface area (TPSA) is 21.1 Å². The fraction of sp³-hybridized carbons (Fsp3) is 0.526. The van der Waals surface area contributed by atoms with E-state index in [-0.39, 0.29) is 0 Å². The van der Waals surface area contributed by atoms with Crippen LogP contribution in [0.3, 0.4) is 0 Å². The summed E-state index contributed by atoms with van der Waals surface area (Å²) in [5.74, 6) is 1.16. The van der Waals surface area contributed by atoms with Crippen LogP contribution in [-0.2, 0) is 13.1 Å². The molecular weight excluding hydrogens is 270 g/mol. The first-order valence-electron chi connectivity index (χ1n) is 8.48. The van der Waals surface area contributed by atoms with Crippen molar-refractivity contribution in [1.29, 1.82) is 0 Å². The van der Waals surface area contributed by atoms with E-state index in [2.05, 4.69) is 71.8 Å². The molecule has 0 saturated heterocycles. The molecule has 1 aromatic heterocycles. The fourth-order valence-electron chi connectivity index (χ4n) is 2.68. The average molecular weight is 299 g/mol. The lowest BCUT2D eigenvalue weighted by Gasteiger charge is -2.26. The van der Waals surface area contributed by atoms with E-state index in [9.17, 15) is 0 Å². The predicted octanol–water partition coefficient (Wildman–Crippen LogP) is 4.33. The van der Waals surface area contributed by atoms with E-state index < -0.39 is 0 Å². The molecule has 0 radical (unpaired) electrons. The van der Waals surface area contributed by atoms with Gasteiger partial charge in [-0.1, -0.05) is 50.1 Å². The van der Waals surface area contributed by atoms with Crippen LogP contribution in [0.5, 0.6) is 0 Å². The number of imidazole rings is 1. The summed E-state index contributed by atoms with van der Waals surface area (Å²) in [4.78, 5) is 7.11. The number of hydrogen-bond acceptors (Lipinski definition) is 2. The van der Waals surface area contributed by atoms with Crippen molar-refractivity contribution in [2.75, 3.05) is 6.54 Å². The minimum absolute atomic E-state index is 0.554. The molecule has 0 aliphatic rings. The second kappa shape index (κ2) is 8.74. The largest absolute Gasteiger partial charge is 0.329 e. The highest BCUT2D eigenvalue weighted by Gasteiger charge is 2.13. The fourth-order valence-corrected chi connectivity index (χ4v) is 2.68. The van der Waals surface area contributed by atoms with E-state index >= 15 is 0 Å². The lowest BCUT2D eigenvalue weighted by atomic mass is 10.2. The Morgan fingerprint density at radius 2 is 1.91 bits per heavy atom. The van der Waals surface area contributed by atoms with Crippen LogP contribution in [0.4, 0.5) is 0 Å². The molecule has 0 spiro atoms. The molecule has 0 bridgehead atoms. The summed E-state index contributed by atoms with van der Waals surface area (Å²) in [6, 6.07) is 11.1. The number of nitrogens with zero attached hydrogens (tertiary/aromatic N) is 3. The Kier molecular flexibility index (Phi) is 6.66. The molecule has 3 heteroatoms. The Bertz CT molecular complexity index is 531. The Balaban J connectivity index is 2.01. The molecule has 0 N–H and O–H groups in total. The molecule has 3 nitrogen and oxygen atoms in total. The normalized spacial score (nSPS) is 11.5. The van der Waals surface area contributed by atoms with Crippen molar-refractivity contribution in [3.63, 3.8) is 0 Å². The van der Waals surface area contributed by atoms with Crippen molar-refractivity contribution >= 4 is 0 Å². The van der Waals surface area contributed by atoms with Gasteiger partial charge in [-0.3, -0.25) is 4.90 Å². The van der Waals surface area contributed by atoms with Crippen LogP contribution in [0.15, 0.2) is 42.7 Å². The lowest BCUT2D eigenvalue weighted by molar-refractivity contribution is 0.201. The summed E-state index contributed by atoms with van der Waals surface area (Å²) < 4.78 is 2.27. The maximum atomic E-state index is 4.58. The van der Waals surface area contributed by atoms with Crippen LogP contribution in [0.1, 0.15) is 51.4 Å². The van der Waals surface area contributed by atoms with Crippen LogP contribution in [0, 0.1) is 0 Å². The van der Waals surface area contributed by atoms with E-state index in [1.165, 1.54) is 24.8 Å². The molecule has 0 aliphatic carbocycles. The van der Waals surface area contributed by atoms with Gasteiger partial charge in [-0.05, 0) is 32.4 Å². The van der Waals surface area contributed by atoms with Gasteiger partial charge in [0.15, 0.2) is 0 Å². The van der Waals surface area contributed by atoms with Gasteiger partial charge in [0.2, 0.25) is 0 Å². The van der Waals surface area contributed by atoms with Crippen molar-refractivity contribution in [3.8, 4) is 0 Å². The minimum Gasteiger partial charge on any atom is -0.329 e. The number of aromatic nitrogens is 2. The Hall–Kier alpha value is -1.61. The molecule has 1 heterocycles. The average Bonchev–Trinajstić information content (AvgIpc) is 2.94. The van der Waals surface area contributed by atoms with Crippen LogP contribution >= 0.6 is 0 Å². The number of hydrogen-bond donors (Lipinski definition) is 0. The van der Waals surface area contributed by atoms with Gasteiger partial charge in [-0.15, -0.1) is 0 Å². The van der Waals surface area contributed by atoms with E-state index in [4.69, 9.17) is 0 Å².